The maximum Gasteiger partial charge on any atom is 0.150 e. The highest BCUT2D eigenvalue weighted by molar-refractivity contribution is 5.46. The minimum atomic E-state index is -0.822. The number of aliphatic hydroxyl groups is 1. The van der Waals surface area contributed by atoms with E-state index in [4.69, 9.17) is 4.74 Å². The van der Waals surface area contributed by atoms with Crippen LogP contribution >= 0.6 is 0 Å². The van der Waals surface area contributed by atoms with Crippen LogP contribution in [-0.2, 0) is 0 Å². The van der Waals surface area contributed by atoms with E-state index in [9.17, 15) is 5.11 Å². The van der Waals surface area contributed by atoms with E-state index < -0.39 is 5.60 Å². The SMILES string of the molecule is Cc1nccnc1N1CC2(CC[C@@H](N3CCC(c4ccccc4OCC(C)(C)O)CC3)C2)C1. The molecule has 33 heavy (non-hydrogen) atoms. The second-order valence-corrected chi connectivity index (χ2v) is 11.2. The van der Waals surface area contributed by atoms with Crippen molar-refractivity contribution in [1.82, 2.24) is 14.9 Å². The molecule has 6 nitrogen and oxygen atoms in total. The smallest absolute Gasteiger partial charge is 0.150 e. The number of benzene rings is 1. The topological polar surface area (TPSA) is 61.7 Å². The van der Waals surface area contributed by atoms with Gasteiger partial charge in [-0.25, -0.2) is 4.98 Å². The van der Waals surface area contributed by atoms with E-state index in [1.807, 2.05) is 12.3 Å². The van der Waals surface area contributed by atoms with Crippen LogP contribution in [0.15, 0.2) is 36.7 Å². The van der Waals surface area contributed by atoms with Crippen molar-refractivity contribution < 1.29 is 9.84 Å². The lowest BCUT2D eigenvalue weighted by Crippen LogP contribution is -2.56. The largest absolute Gasteiger partial charge is 0.490 e. The summed E-state index contributed by atoms with van der Waals surface area (Å²) < 4.78 is 6.01. The fourth-order valence-corrected chi connectivity index (χ4v) is 6.18. The van der Waals surface area contributed by atoms with Gasteiger partial charge in [0.25, 0.3) is 0 Å². The Kier molecular flexibility index (Phi) is 6.08. The van der Waals surface area contributed by atoms with E-state index in [0.29, 0.717) is 17.9 Å². The molecule has 3 heterocycles. The van der Waals surface area contributed by atoms with Crippen molar-refractivity contribution in [2.45, 2.75) is 70.4 Å². The van der Waals surface area contributed by atoms with E-state index >= 15 is 0 Å². The molecular formula is C27H38N4O2. The highest BCUT2D eigenvalue weighted by Crippen LogP contribution is 2.49. The molecule has 1 atom stereocenters. The molecule has 2 saturated heterocycles. The molecule has 1 aliphatic carbocycles. The monoisotopic (exact) mass is 450 g/mol. The van der Waals surface area contributed by atoms with Crippen LogP contribution in [0.3, 0.4) is 0 Å². The van der Waals surface area contributed by atoms with Crippen molar-refractivity contribution in [3.05, 3.63) is 47.9 Å². The molecule has 3 fully saturated rings. The molecule has 0 unspecified atom stereocenters. The average Bonchev–Trinajstić information content (AvgIpc) is 3.23. The van der Waals surface area contributed by atoms with Crippen molar-refractivity contribution in [2.75, 3.05) is 37.7 Å². The molecule has 5 rings (SSSR count). The molecule has 2 aromatic rings. The first-order valence-corrected chi connectivity index (χ1v) is 12.5. The summed E-state index contributed by atoms with van der Waals surface area (Å²) in [5.74, 6) is 2.54. The zero-order chi connectivity index (χ0) is 23.1. The Morgan fingerprint density at radius 3 is 2.55 bits per heavy atom. The van der Waals surface area contributed by atoms with Crippen molar-refractivity contribution in [2.24, 2.45) is 5.41 Å². The van der Waals surface area contributed by atoms with Crippen LogP contribution in [0.1, 0.15) is 63.1 Å². The summed E-state index contributed by atoms with van der Waals surface area (Å²) in [6.45, 7) is 10.5. The van der Waals surface area contributed by atoms with Crippen molar-refractivity contribution in [1.29, 1.82) is 0 Å². The first-order chi connectivity index (χ1) is 15.8. The molecular weight excluding hydrogens is 412 g/mol. The van der Waals surface area contributed by atoms with Gasteiger partial charge < -0.3 is 19.6 Å². The van der Waals surface area contributed by atoms with Crippen LogP contribution in [0.5, 0.6) is 5.75 Å². The molecule has 0 amide bonds. The Balaban J connectivity index is 1.14. The number of hydrogen-bond donors (Lipinski definition) is 1. The normalized spacial score (nSPS) is 23.6. The number of rotatable bonds is 6. The summed E-state index contributed by atoms with van der Waals surface area (Å²) >= 11 is 0. The molecule has 1 saturated carbocycles. The van der Waals surface area contributed by atoms with Gasteiger partial charge in [-0.05, 0) is 83.5 Å². The summed E-state index contributed by atoms with van der Waals surface area (Å²) in [5.41, 5.74) is 2.00. The van der Waals surface area contributed by atoms with Crippen molar-refractivity contribution in [3.63, 3.8) is 0 Å². The van der Waals surface area contributed by atoms with E-state index in [0.717, 1.165) is 49.5 Å². The van der Waals surface area contributed by atoms with Gasteiger partial charge in [0.1, 0.15) is 18.2 Å². The van der Waals surface area contributed by atoms with E-state index in [1.165, 1.54) is 37.7 Å². The molecule has 1 aromatic carbocycles. The predicted molar refractivity (Wildman–Crippen MR) is 131 cm³/mol. The lowest BCUT2D eigenvalue weighted by atomic mass is 9.77. The fraction of sp³-hybridized carbons (Fsp3) is 0.630. The van der Waals surface area contributed by atoms with Gasteiger partial charge in [0.2, 0.25) is 0 Å². The fourth-order valence-electron chi connectivity index (χ4n) is 6.18. The van der Waals surface area contributed by atoms with Gasteiger partial charge in [0.05, 0.1) is 11.3 Å². The third kappa shape index (κ3) is 4.87. The zero-order valence-electron chi connectivity index (χ0n) is 20.3. The zero-order valence-corrected chi connectivity index (χ0v) is 20.3. The number of ether oxygens (including phenoxy) is 1. The number of aryl methyl sites for hydroxylation is 1. The Morgan fingerprint density at radius 1 is 1.09 bits per heavy atom. The van der Waals surface area contributed by atoms with E-state index in [2.05, 4.69) is 44.9 Å². The number of hydrogen-bond acceptors (Lipinski definition) is 6. The highest BCUT2D eigenvalue weighted by Gasteiger charge is 2.50. The van der Waals surface area contributed by atoms with Gasteiger partial charge in [-0.1, -0.05) is 18.2 Å². The Morgan fingerprint density at radius 2 is 1.82 bits per heavy atom. The van der Waals surface area contributed by atoms with Crippen LogP contribution in [0.4, 0.5) is 5.82 Å². The minimum Gasteiger partial charge on any atom is -0.490 e. The van der Waals surface area contributed by atoms with Crippen LogP contribution in [0.25, 0.3) is 0 Å². The number of piperidine rings is 1. The third-order valence-corrected chi connectivity index (χ3v) is 7.87. The summed E-state index contributed by atoms with van der Waals surface area (Å²) in [6.07, 6.45) is 9.92. The number of likely N-dealkylation sites (tertiary alicyclic amines) is 1. The summed E-state index contributed by atoms with van der Waals surface area (Å²) in [6, 6.07) is 9.12. The van der Waals surface area contributed by atoms with Crippen LogP contribution in [0.2, 0.25) is 0 Å². The minimum absolute atomic E-state index is 0.318. The van der Waals surface area contributed by atoms with Gasteiger partial charge in [0, 0.05) is 36.9 Å². The molecule has 1 aromatic heterocycles. The molecule has 6 heteroatoms. The Labute approximate surface area is 198 Å². The average molecular weight is 451 g/mol. The van der Waals surface area contributed by atoms with Crippen LogP contribution < -0.4 is 9.64 Å². The van der Waals surface area contributed by atoms with Gasteiger partial charge >= 0.3 is 0 Å². The van der Waals surface area contributed by atoms with Gasteiger partial charge in [0.15, 0.2) is 0 Å². The van der Waals surface area contributed by atoms with Crippen LogP contribution in [0, 0.1) is 12.3 Å². The van der Waals surface area contributed by atoms with Crippen LogP contribution in [-0.4, -0.2) is 64.4 Å². The lowest BCUT2D eigenvalue weighted by Gasteiger charge is -2.50. The number of para-hydroxylation sites is 1. The van der Waals surface area contributed by atoms with Gasteiger partial charge in [-0.2, -0.15) is 0 Å². The number of aromatic nitrogens is 2. The molecule has 178 valence electrons. The molecule has 2 aliphatic heterocycles. The van der Waals surface area contributed by atoms with E-state index in [1.54, 1.807) is 20.0 Å². The third-order valence-electron chi connectivity index (χ3n) is 7.87. The highest BCUT2D eigenvalue weighted by atomic mass is 16.5. The molecule has 1 N–H and O–H groups in total. The lowest BCUT2D eigenvalue weighted by molar-refractivity contribution is 0.0278. The van der Waals surface area contributed by atoms with Crippen molar-refractivity contribution >= 4 is 5.82 Å². The maximum atomic E-state index is 10.1. The maximum absolute atomic E-state index is 10.1. The number of nitrogens with zero attached hydrogens (tertiary/aromatic N) is 4. The summed E-state index contributed by atoms with van der Waals surface area (Å²) in [5, 5.41) is 10.1. The molecule has 1 spiro atoms. The van der Waals surface area contributed by atoms with Gasteiger partial charge in [-0.15, -0.1) is 0 Å². The molecule has 0 radical (unpaired) electrons. The Bertz CT molecular complexity index is 959. The van der Waals surface area contributed by atoms with Crippen molar-refractivity contribution in [3.8, 4) is 5.75 Å². The first-order valence-electron chi connectivity index (χ1n) is 12.5. The molecule has 3 aliphatic rings. The summed E-state index contributed by atoms with van der Waals surface area (Å²) in [7, 11) is 0. The standard InChI is InChI=1S/C27H38N4O2/c1-20-25(29-13-12-28-20)31-17-27(18-31)11-8-22(16-27)30-14-9-21(10-15-30)23-6-4-5-7-24(23)33-19-26(2,3)32/h4-7,12-13,21-22,32H,8-11,14-19H2,1-3H3/t22-/m1/s1. The second-order valence-electron chi connectivity index (χ2n) is 11.2. The second kappa shape index (κ2) is 8.88. The number of anilines is 1. The molecule has 0 bridgehead atoms. The quantitative estimate of drug-likeness (QED) is 0.713. The van der Waals surface area contributed by atoms with Gasteiger partial charge in [-0.3, -0.25) is 4.98 Å². The first kappa shape index (κ1) is 22.6. The predicted octanol–water partition coefficient (Wildman–Crippen LogP) is 4.17. The Hall–Kier alpha value is -2.18. The summed E-state index contributed by atoms with van der Waals surface area (Å²) in [4.78, 5) is 14.1. The van der Waals surface area contributed by atoms with E-state index in [-0.39, 0.29) is 0 Å².